The monoisotopic (exact) mass is 139 g/mol. The largest absolute Gasteiger partial charge is 0.692 e. The molecule has 0 aliphatic carbocycles. The van der Waals surface area contributed by atoms with Gasteiger partial charge in [0.25, 0.3) is 0 Å². The van der Waals surface area contributed by atoms with Crippen LogP contribution in [0.5, 0.6) is 0 Å². The van der Waals surface area contributed by atoms with Crippen LogP contribution in [-0.2, 0) is 4.57 Å². The molecular formula is C4H12O3P+. The van der Waals surface area contributed by atoms with Gasteiger partial charge in [-0.2, -0.15) is 0 Å². The molecule has 0 aliphatic rings. The Morgan fingerprint density at radius 2 is 1.38 bits per heavy atom. The third kappa shape index (κ3) is 146. The van der Waals surface area contributed by atoms with E-state index in [1.54, 1.807) is 0 Å². The molecule has 0 rings (SSSR count). The predicted molar refractivity (Wildman–Crippen MR) is 32.6 cm³/mol. The van der Waals surface area contributed by atoms with Crippen molar-refractivity contribution >= 4 is 8.25 Å². The standard InChI is InChI=1S/C4H10.HO3P/c1-3-4-2;1-4(2)3/h3-4H2,1-2H3;(H-,1,2,3)/p+1. The first-order valence-electron chi connectivity index (χ1n) is 2.50. The quantitative estimate of drug-likeness (QED) is 0.540. The van der Waals surface area contributed by atoms with Crippen LogP contribution in [-0.4, -0.2) is 9.79 Å². The molecule has 50 valence electrons. The number of rotatable bonds is 1. The van der Waals surface area contributed by atoms with Crippen molar-refractivity contribution in [1.29, 1.82) is 0 Å². The van der Waals surface area contributed by atoms with Crippen LogP contribution in [0.2, 0.25) is 0 Å². The molecule has 0 bridgehead atoms. The van der Waals surface area contributed by atoms with Gasteiger partial charge in [0.05, 0.1) is 0 Å². The van der Waals surface area contributed by atoms with E-state index in [1.807, 2.05) is 0 Å². The summed E-state index contributed by atoms with van der Waals surface area (Å²) in [5.41, 5.74) is 0. The summed E-state index contributed by atoms with van der Waals surface area (Å²) in [7, 11) is -2.87. The van der Waals surface area contributed by atoms with Gasteiger partial charge in [-0.25, -0.2) is 0 Å². The SMILES string of the molecule is CCCC.O=[P+](O)O. The van der Waals surface area contributed by atoms with E-state index in [1.165, 1.54) is 12.8 Å². The van der Waals surface area contributed by atoms with Gasteiger partial charge in [-0.3, -0.25) is 0 Å². The first-order valence-corrected chi connectivity index (χ1v) is 3.66. The van der Waals surface area contributed by atoms with Crippen molar-refractivity contribution in [3.63, 3.8) is 0 Å². The van der Waals surface area contributed by atoms with E-state index >= 15 is 0 Å². The summed E-state index contributed by atoms with van der Waals surface area (Å²) in [5.74, 6) is 0. The zero-order valence-corrected chi connectivity index (χ0v) is 6.06. The average Bonchev–Trinajstić information content (AvgIpc) is 1.65. The van der Waals surface area contributed by atoms with Crippen molar-refractivity contribution < 1.29 is 14.4 Å². The van der Waals surface area contributed by atoms with Gasteiger partial charge in [-0.15, -0.1) is 9.79 Å². The second kappa shape index (κ2) is 10.1. The molecule has 0 saturated carbocycles. The third-order valence-corrected chi connectivity index (χ3v) is 0.500. The molecule has 2 N–H and O–H groups in total. The molecule has 4 heteroatoms. The second-order valence-corrected chi connectivity index (χ2v) is 1.76. The lowest BCUT2D eigenvalue weighted by atomic mass is 10.4. The zero-order valence-electron chi connectivity index (χ0n) is 5.16. The van der Waals surface area contributed by atoms with E-state index in [-0.39, 0.29) is 0 Å². The summed E-state index contributed by atoms with van der Waals surface area (Å²) in [6, 6.07) is 0. The van der Waals surface area contributed by atoms with Crippen LogP contribution in [0.25, 0.3) is 0 Å². The molecule has 0 aromatic rings. The third-order valence-electron chi connectivity index (χ3n) is 0.500. The summed E-state index contributed by atoms with van der Waals surface area (Å²) < 4.78 is 8.70. The van der Waals surface area contributed by atoms with Crippen LogP contribution in [0.15, 0.2) is 0 Å². The van der Waals surface area contributed by atoms with Crippen molar-refractivity contribution in [2.24, 2.45) is 0 Å². The minimum atomic E-state index is -2.87. The van der Waals surface area contributed by atoms with E-state index in [4.69, 9.17) is 14.4 Å². The Hall–Kier alpha value is 0.0200. The van der Waals surface area contributed by atoms with Gasteiger partial charge >= 0.3 is 8.25 Å². The average molecular weight is 139 g/mol. The van der Waals surface area contributed by atoms with E-state index in [0.717, 1.165) is 0 Å². The van der Waals surface area contributed by atoms with Crippen LogP contribution in [0.3, 0.4) is 0 Å². The molecule has 0 saturated heterocycles. The molecule has 0 heterocycles. The molecule has 0 amide bonds. The lowest BCUT2D eigenvalue weighted by Gasteiger charge is -1.68. The molecule has 0 unspecified atom stereocenters. The highest BCUT2D eigenvalue weighted by molar-refractivity contribution is 7.30. The van der Waals surface area contributed by atoms with Crippen molar-refractivity contribution in [3.05, 3.63) is 0 Å². The molecule has 0 aliphatic heterocycles. The highest BCUT2D eigenvalue weighted by Crippen LogP contribution is 1.98. The van der Waals surface area contributed by atoms with Gasteiger partial charge in [0.15, 0.2) is 0 Å². The van der Waals surface area contributed by atoms with Gasteiger partial charge in [0.2, 0.25) is 0 Å². The van der Waals surface area contributed by atoms with Crippen LogP contribution >= 0.6 is 8.25 Å². The molecule has 0 aromatic carbocycles. The second-order valence-electron chi connectivity index (χ2n) is 1.25. The van der Waals surface area contributed by atoms with Gasteiger partial charge in [0, 0.05) is 4.57 Å². The summed E-state index contributed by atoms with van der Waals surface area (Å²) in [4.78, 5) is 14.2. The fraction of sp³-hybridized carbons (Fsp3) is 1.00. The smallest absolute Gasteiger partial charge is 0.134 e. The molecule has 0 spiro atoms. The molecule has 8 heavy (non-hydrogen) atoms. The van der Waals surface area contributed by atoms with Gasteiger partial charge in [0.1, 0.15) is 0 Å². The van der Waals surface area contributed by atoms with Gasteiger partial charge in [-0.1, -0.05) is 26.7 Å². The Balaban J connectivity index is 0. The van der Waals surface area contributed by atoms with Crippen molar-refractivity contribution in [2.45, 2.75) is 26.7 Å². The topological polar surface area (TPSA) is 57.5 Å². The maximum absolute atomic E-state index is 8.70. The minimum Gasteiger partial charge on any atom is -0.134 e. The lowest BCUT2D eigenvalue weighted by Crippen LogP contribution is -1.47. The van der Waals surface area contributed by atoms with E-state index in [2.05, 4.69) is 13.8 Å². The van der Waals surface area contributed by atoms with Crippen LogP contribution in [0, 0.1) is 0 Å². The van der Waals surface area contributed by atoms with Gasteiger partial charge in [-0.05, 0) is 0 Å². The molecule has 3 nitrogen and oxygen atoms in total. The molecule has 0 atom stereocenters. The summed E-state index contributed by atoms with van der Waals surface area (Å²) >= 11 is 0. The van der Waals surface area contributed by atoms with Crippen LogP contribution in [0.4, 0.5) is 0 Å². The Morgan fingerprint density at radius 3 is 1.38 bits per heavy atom. The maximum Gasteiger partial charge on any atom is 0.692 e. The Bertz CT molecular complexity index is 49.2. The van der Waals surface area contributed by atoms with Crippen LogP contribution < -0.4 is 0 Å². The van der Waals surface area contributed by atoms with E-state index in [9.17, 15) is 0 Å². The maximum atomic E-state index is 8.70. The predicted octanol–water partition coefficient (Wildman–Crippen LogP) is 1.43. The summed E-state index contributed by atoms with van der Waals surface area (Å²) in [6.45, 7) is 4.36. The fourth-order valence-electron chi connectivity index (χ4n) is 0. The number of unbranched alkanes of at least 4 members (excludes halogenated alkanes) is 1. The lowest BCUT2D eigenvalue weighted by molar-refractivity contribution is 0.405. The summed E-state index contributed by atoms with van der Waals surface area (Å²) in [6.07, 6.45) is 2.64. The Morgan fingerprint density at radius 1 is 1.25 bits per heavy atom. The highest BCUT2D eigenvalue weighted by atomic mass is 31.1. The molecule has 0 aromatic heterocycles. The molecule has 0 fully saturated rings. The van der Waals surface area contributed by atoms with E-state index in [0.29, 0.717) is 0 Å². The van der Waals surface area contributed by atoms with E-state index < -0.39 is 8.25 Å². The Labute approximate surface area is 50.3 Å². The Kier molecular flexibility index (Phi) is 13.8. The highest BCUT2D eigenvalue weighted by Gasteiger charge is 1.93. The van der Waals surface area contributed by atoms with Gasteiger partial charge < -0.3 is 0 Å². The van der Waals surface area contributed by atoms with Crippen molar-refractivity contribution in [1.82, 2.24) is 0 Å². The minimum absolute atomic E-state index is 1.32. The first-order chi connectivity index (χ1) is 3.65. The molecule has 0 radical (unpaired) electrons. The van der Waals surface area contributed by atoms with Crippen LogP contribution in [0.1, 0.15) is 26.7 Å². The summed E-state index contributed by atoms with van der Waals surface area (Å²) in [5, 5.41) is 0. The first kappa shape index (κ1) is 10.9. The van der Waals surface area contributed by atoms with Crippen molar-refractivity contribution in [3.8, 4) is 0 Å². The number of hydrogen-bond donors (Lipinski definition) is 2. The molecular weight excluding hydrogens is 127 g/mol. The van der Waals surface area contributed by atoms with Crippen molar-refractivity contribution in [2.75, 3.05) is 0 Å². The number of hydrogen-bond acceptors (Lipinski definition) is 1. The normalized spacial score (nSPS) is 7.00. The fourth-order valence-corrected chi connectivity index (χ4v) is 0. The zero-order chi connectivity index (χ0) is 6.99.